The van der Waals surface area contributed by atoms with Crippen LogP contribution in [0.3, 0.4) is 0 Å². The van der Waals surface area contributed by atoms with Crippen LogP contribution in [0.2, 0.25) is 0 Å². The maximum absolute atomic E-state index is 12.0. The van der Waals surface area contributed by atoms with Crippen molar-refractivity contribution in [1.82, 2.24) is 15.1 Å². The van der Waals surface area contributed by atoms with E-state index in [9.17, 15) is 4.79 Å². The average Bonchev–Trinajstić information content (AvgIpc) is 2.84. The lowest BCUT2D eigenvalue weighted by Crippen LogP contribution is -2.29. The molecule has 2 rings (SSSR count). The van der Waals surface area contributed by atoms with Gasteiger partial charge < -0.3 is 5.32 Å². The topological polar surface area (TPSA) is 46.9 Å². The number of hydrogen-bond acceptors (Lipinski definition) is 2. The number of nitrogens with one attached hydrogen (secondary N) is 1. The van der Waals surface area contributed by atoms with Crippen LogP contribution in [0.15, 0.2) is 36.4 Å². The van der Waals surface area contributed by atoms with E-state index in [0.717, 1.165) is 17.8 Å². The van der Waals surface area contributed by atoms with E-state index in [-0.39, 0.29) is 5.91 Å². The molecule has 0 saturated heterocycles. The Hall–Kier alpha value is -2.10. The highest BCUT2D eigenvalue weighted by Crippen LogP contribution is 2.17. The summed E-state index contributed by atoms with van der Waals surface area (Å²) in [7, 11) is 0. The van der Waals surface area contributed by atoms with Crippen LogP contribution in [0, 0.1) is 13.8 Å². The molecule has 0 aliphatic rings. The summed E-state index contributed by atoms with van der Waals surface area (Å²) in [5.41, 5.74) is 3.37. The summed E-state index contributed by atoms with van der Waals surface area (Å²) in [6.45, 7) is 7.46. The summed E-state index contributed by atoms with van der Waals surface area (Å²) in [5.74, 6) is 0.459. The standard InChI is InChI=1S/C18H25N3O/c1-4-16(17-8-6-5-7-9-17)13-19-18(22)10-11-21-15(3)12-14(2)20-21/h5-9,12,16H,4,10-11,13H2,1-3H3,(H,19,22). The maximum Gasteiger partial charge on any atom is 0.221 e. The lowest BCUT2D eigenvalue weighted by molar-refractivity contribution is -0.121. The second-order valence-electron chi connectivity index (χ2n) is 5.72. The Kier molecular flexibility index (Phi) is 5.75. The molecular formula is C18H25N3O. The Balaban J connectivity index is 1.81. The van der Waals surface area contributed by atoms with E-state index < -0.39 is 0 Å². The molecule has 118 valence electrons. The summed E-state index contributed by atoms with van der Waals surface area (Å²) in [4.78, 5) is 12.0. The van der Waals surface area contributed by atoms with Gasteiger partial charge in [-0.2, -0.15) is 5.10 Å². The van der Waals surface area contributed by atoms with Gasteiger partial charge in [-0.15, -0.1) is 0 Å². The van der Waals surface area contributed by atoms with Crippen molar-refractivity contribution >= 4 is 5.91 Å². The van der Waals surface area contributed by atoms with Gasteiger partial charge in [0.25, 0.3) is 0 Å². The zero-order chi connectivity index (χ0) is 15.9. The van der Waals surface area contributed by atoms with Crippen LogP contribution >= 0.6 is 0 Å². The fraction of sp³-hybridized carbons (Fsp3) is 0.444. The predicted octanol–water partition coefficient (Wildman–Crippen LogP) is 3.20. The number of rotatable bonds is 7. The van der Waals surface area contributed by atoms with Gasteiger partial charge in [-0.05, 0) is 31.9 Å². The van der Waals surface area contributed by atoms with Crippen molar-refractivity contribution in [2.45, 2.75) is 46.1 Å². The highest BCUT2D eigenvalue weighted by atomic mass is 16.1. The number of aryl methyl sites for hydroxylation is 3. The van der Waals surface area contributed by atoms with Crippen molar-refractivity contribution in [3.05, 3.63) is 53.3 Å². The number of nitrogens with zero attached hydrogens (tertiary/aromatic N) is 2. The van der Waals surface area contributed by atoms with Crippen LogP contribution in [0.4, 0.5) is 0 Å². The number of aromatic nitrogens is 2. The molecule has 1 atom stereocenters. The number of benzene rings is 1. The summed E-state index contributed by atoms with van der Waals surface area (Å²) < 4.78 is 1.89. The molecule has 0 aliphatic carbocycles. The summed E-state index contributed by atoms with van der Waals surface area (Å²) in [5, 5.41) is 7.43. The molecular weight excluding hydrogens is 274 g/mol. The molecule has 0 saturated carbocycles. The minimum Gasteiger partial charge on any atom is -0.355 e. The fourth-order valence-corrected chi connectivity index (χ4v) is 2.66. The largest absolute Gasteiger partial charge is 0.355 e. The molecule has 2 aromatic rings. The molecule has 0 spiro atoms. The Bertz CT molecular complexity index is 604. The molecule has 1 aromatic carbocycles. The molecule has 1 amide bonds. The molecule has 0 radical (unpaired) electrons. The second kappa shape index (κ2) is 7.78. The van der Waals surface area contributed by atoms with Crippen LogP contribution < -0.4 is 5.32 Å². The first-order valence-corrected chi connectivity index (χ1v) is 7.92. The average molecular weight is 299 g/mol. The van der Waals surface area contributed by atoms with Gasteiger partial charge in [0.05, 0.1) is 5.69 Å². The van der Waals surface area contributed by atoms with E-state index in [1.165, 1.54) is 5.56 Å². The van der Waals surface area contributed by atoms with Crippen molar-refractivity contribution in [3.8, 4) is 0 Å². The van der Waals surface area contributed by atoms with Crippen molar-refractivity contribution in [2.75, 3.05) is 6.54 Å². The van der Waals surface area contributed by atoms with Crippen LogP contribution in [-0.4, -0.2) is 22.2 Å². The minimum atomic E-state index is 0.0851. The Morgan fingerprint density at radius 3 is 2.59 bits per heavy atom. The normalized spacial score (nSPS) is 12.1. The summed E-state index contributed by atoms with van der Waals surface area (Å²) in [6.07, 6.45) is 1.48. The first-order chi connectivity index (χ1) is 10.6. The molecule has 4 heteroatoms. The molecule has 1 N–H and O–H groups in total. The highest BCUT2D eigenvalue weighted by molar-refractivity contribution is 5.75. The van der Waals surface area contributed by atoms with Crippen LogP contribution in [0.25, 0.3) is 0 Å². The van der Waals surface area contributed by atoms with E-state index in [4.69, 9.17) is 0 Å². The lowest BCUT2D eigenvalue weighted by atomic mass is 9.96. The molecule has 1 aromatic heterocycles. The van der Waals surface area contributed by atoms with Crippen LogP contribution in [0.5, 0.6) is 0 Å². The van der Waals surface area contributed by atoms with Gasteiger partial charge in [-0.25, -0.2) is 0 Å². The Morgan fingerprint density at radius 1 is 1.27 bits per heavy atom. The van der Waals surface area contributed by atoms with Gasteiger partial charge in [0.15, 0.2) is 0 Å². The predicted molar refractivity (Wildman–Crippen MR) is 88.8 cm³/mol. The fourth-order valence-electron chi connectivity index (χ4n) is 2.66. The molecule has 4 nitrogen and oxygen atoms in total. The quantitative estimate of drug-likeness (QED) is 0.853. The van der Waals surface area contributed by atoms with Crippen molar-refractivity contribution in [2.24, 2.45) is 0 Å². The van der Waals surface area contributed by atoms with E-state index in [1.807, 2.05) is 42.8 Å². The van der Waals surface area contributed by atoms with Gasteiger partial charge in [-0.3, -0.25) is 9.48 Å². The number of amides is 1. The lowest BCUT2D eigenvalue weighted by Gasteiger charge is -2.16. The first kappa shape index (κ1) is 16.3. The van der Waals surface area contributed by atoms with Crippen molar-refractivity contribution in [1.29, 1.82) is 0 Å². The third-order valence-electron chi connectivity index (χ3n) is 3.96. The van der Waals surface area contributed by atoms with Crippen molar-refractivity contribution < 1.29 is 4.79 Å². The second-order valence-corrected chi connectivity index (χ2v) is 5.72. The highest BCUT2D eigenvalue weighted by Gasteiger charge is 2.11. The third kappa shape index (κ3) is 4.45. The summed E-state index contributed by atoms with van der Waals surface area (Å²) in [6, 6.07) is 12.4. The number of carbonyl (C=O) groups excluding carboxylic acids is 1. The van der Waals surface area contributed by atoms with Gasteiger partial charge >= 0.3 is 0 Å². The zero-order valence-corrected chi connectivity index (χ0v) is 13.7. The molecule has 1 heterocycles. The molecule has 0 aliphatic heterocycles. The van der Waals surface area contributed by atoms with Gasteiger partial charge in [-0.1, -0.05) is 37.3 Å². The Morgan fingerprint density at radius 2 is 2.00 bits per heavy atom. The van der Waals surface area contributed by atoms with Crippen LogP contribution in [0.1, 0.15) is 42.6 Å². The van der Waals surface area contributed by atoms with E-state index in [1.54, 1.807) is 0 Å². The van der Waals surface area contributed by atoms with Crippen LogP contribution in [-0.2, 0) is 11.3 Å². The molecule has 22 heavy (non-hydrogen) atoms. The number of carbonyl (C=O) groups is 1. The van der Waals surface area contributed by atoms with E-state index in [0.29, 0.717) is 25.4 Å². The molecule has 0 fully saturated rings. The smallest absolute Gasteiger partial charge is 0.221 e. The minimum absolute atomic E-state index is 0.0851. The summed E-state index contributed by atoms with van der Waals surface area (Å²) >= 11 is 0. The molecule has 0 bridgehead atoms. The van der Waals surface area contributed by atoms with E-state index in [2.05, 4.69) is 29.5 Å². The third-order valence-corrected chi connectivity index (χ3v) is 3.96. The SMILES string of the molecule is CCC(CNC(=O)CCn1nc(C)cc1C)c1ccccc1. The van der Waals surface area contributed by atoms with Crippen molar-refractivity contribution in [3.63, 3.8) is 0 Å². The molecule has 1 unspecified atom stereocenters. The van der Waals surface area contributed by atoms with E-state index >= 15 is 0 Å². The first-order valence-electron chi connectivity index (χ1n) is 7.92. The number of hydrogen-bond donors (Lipinski definition) is 1. The zero-order valence-electron chi connectivity index (χ0n) is 13.7. The van der Waals surface area contributed by atoms with Gasteiger partial charge in [0, 0.05) is 31.1 Å². The Labute approximate surface area is 132 Å². The maximum atomic E-state index is 12.0. The monoisotopic (exact) mass is 299 g/mol. The van der Waals surface area contributed by atoms with Gasteiger partial charge in [0.2, 0.25) is 5.91 Å². The van der Waals surface area contributed by atoms with Gasteiger partial charge in [0.1, 0.15) is 0 Å².